The van der Waals surface area contributed by atoms with Gasteiger partial charge in [0.2, 0.25) is 17.7 Å². The summed E-state index contributed by atoms with van der Waals surface area (Å²) in [6.07, 6.45) is 0.754. The minimum atomic E-state index is -0.605. The molecule has 0 aromatic carbocycles. The van der Waals surface area contributed by atoms with E-state index in [1.807, 2.05) is 32.6 Å². The lowest BCUT2D eigenvalue weighted by Crippen LogP contribution is -2.48. The van der Waals surface area contributed by atoms with Crippen molar-refractivity contribution in [3.63, 3.8) is 0 Å². The van der Waals surface area contributed by atoms with Crippen molar-refractivity contribution in [1.29, 1.82) is 0 Å². The Kier molecular flexibility index (Phi) is 7.48. The van der Waals surface area contributed by atoms with E-state index in [1.165, 1.54) is 0 Å². The number of hydrogen-bond donors (Lipinski definition) is 2. The van der Waals surface area contributed by atoms with Gasteiger partial charge < -0.3 is 20.9 Å². The highest BCUT2D eigenvalue weighted by atomic mass is 16.2. The van der Waals surface area contributed by atoms with E-state index in [0.29, 0.717) is 26.2 Å². The molecule has 0 radical (unpaired) electrons. The van der Waals surface area contributed by atoms with E-state index >= 15 is 0 Å². The smallest absolute Gasteiger partial charge is 0.242 e. The van der Waals surface area contributed by atoms with E-state index in [9.17, 15) is 14.4 Å². The summed E-state index contributed by atoms with van der Waals surface area (Å²) in [5.74, 6) is -0.323. The Morgan fingerprint density at radius 3 is 2.13 bits per heavy atom. The van der Waals surface area contributed by atoms with Crippen molar-refractivity contribution in [2.75, 3.05) is 32.7 Å². The summed E-state index contributed by atoms with van der Waals surface area (Å²) < 4.78 is 0. The quantitative estimate of drug-likeness (QED) is 0.731. The standard InChI is InChI=1S/C16H30N4O3/c1-11(2)14(17)15(22)18-10-13(21)19-6-5-7-20(9-8-19)16(23)12(3)4/h11-12,14H,5-10,17H2,1-4H3,(H,18,22)/t14-/m0/s1. The molecule has 1 heterocycles. The number of hydrogen-bond acceptors (Lipinski definition) is 4. The molecule has 0 unspecified atom stereocenters. The molecule has 0 aromatic rings. The van der Waals surface area contributed by atoms with Gasteiger partial charge in [-0.3, -0.25) is 14.4 Å². The van der Waals surface area contributed by atoms with E-state index in [2.05, 4.69) is 5.32 Å². The maximum atomic E-state index is 12.2. The molecule has 23 heavy (non-hydrogen) atoms. The first-order valence-corrected chi connectivity index (χ1v) is 8.34. The second-order valence-corrected chi connectivity index (χ2v) is 6.70. The fourth-order valence-electron chi connectivity index (χ4n) is 2.45. The van der Waals surface area contributed by atoms with Gasteiger partial charge in [-0.2, -0.15) is 0 Å². The molecule has 0 bridgehead atoms. The molecule has 132 valence electrons. The van der Waals surface area contributed by atoms with Gasteiger partial charge >= 0.3 is 0 Å². The SMILES string of the molecule is CC(C)C(=O)N1CCCN(C(=O)CNC(=O)[C@@H](N)C(C)C)CC1. The van der Waals surface area contributed by atoms with Gasteiger partial charge in [0.25, 0.3) is 0 Å². The molecule has 1 rings (SSSR count). The number of carbonyl (C=O) groups is 3. The molecular formula is C16H30N4O3. The predicted octanol–water partition coefficient (Wildman–Crippen LogP) is -0.197. The topological polar surface area (TPSA) is 95.7 Å². The zero-order chi connectivity index (χ0) is 17.6. The number of nitrogens with one attached hydrogen (secondary N) is 1. The van der Waals surface area contributed by atoms with Crippen LogP contribution in [0.3, 0.4) is 0 Å². The van der Waals surface area contributed by atoms with E-state index in [0.717, 1.165) is 6.42 Å². The maximum Gasteiger partial charge on any atom is 0.242 e. The summed E-state index contributed by atoms with van der Waals surface area (Å²) in [7, 11) is 0. The van der Waals surface area contributed by atoms with Crippen molar-refractivity contribution in [2.45, 2.75) is 40.2 Å². The molecule has 3 amide bonds. The van der Waals surface area contributed by atoms with Gasteiger partial charge in [-0.05, 0) is 12.3 Å². The molecule has 1 aliphatic heterocycles. The summed E-state index contributed by atoms with van der Waals surface area (Å²) in [6.45, 7) is 9.76. The Hall–Kier alpha value is -1.63. The number of rotatable bonds is 5. The molecule has 1 fully saturated rings. The minimum Gasteiger partial charge on any atom is -0.346 e. The monoisotopic (exact) mass is 326 g/mol. The van der Waals surface area contributed by atoms with Crippen LogP contribution in [0.1, 0.15) is 34.1 Å². The van der Waals surface area contributed by atoms with E-state index in [4.69, 9.17) is 5.73 Å². The molecule has 0 saturated carbocycles. The van der Waals surface area contributed by atoms with Gasteiger partial charge in [0, 0.05) is 32.1 Å². The normalized spacial score (nSPS) is 17.2. The lowest BCUT2D eigenvalue weighted by molar-refractivity contribution is -0.135. The van der Waals surface area contributed by atoms with Crippen LogP contribution in [0, 0.1) is 11.8 Å². The molecule has 7 nitrogen and oxygen atoms in total. The molecular weight excluding hydrogens is 296 g/mol. The minimum absolute atomic E-state index is 0.0268. The highest BCUT2D eigenvalue weighted by Crippen LogP contribution is 2.08. The molecule has 1 atom stereocenters. The second-order valence-electron chi connectivity index (χ2n) is 6.70. The zero-order valence-electron chi connectivity index (χ0n) is 14.7. The van der Waals surface area contributed by atoms with Gasteiger partial charge in [-0.15, -0.1) is 0 Å². The van der Waals surface area contributed by atoms with Crippen LogP contribution < -0.4 is 11.1 Å². The predicted molar refractivity (Wildman–Crippen MR) is 88.4 cm³/mol. The fourth-order valence-corrected chi connectivity index (χ4v) is 2.45. The third-order valence-corrected chi connectivity index (χ3v) is 4.09. The van der Waals surface area contributed by atoms with E-state index in [1.54, 1.807) is 4.90 Å². The van der Waals surface area contributed by atoms with Crippen LogP contribution in [0.4, 0.5) is 0 Å². The van der Waals surface area contributed by atoms with Gasteiger partial charge in [0.1, 0.15) is 0 Å². The Labute approximate surface area is 138 Å². The fraction of sp³-hybridized carbons (Fsp3) is 0.812. The molecule has 0 aliphatic carbocycles. The molecule has 1 saturated heterocycles. The van der Waals surface area contributed by atoms with Crippen molar-refractivity contribution < 1.29 is 14.4 Å². The Balaban J connectivity index is 2.46. The highest BCUT2D eigenvalue weighted by molar-refractivity contribution is 5.87. The summed E-state index contributed by atoms with van der Waals surface area (Å²) in [5, 5.41) is 2.60. The van der Waals surface area contributed by atoms with E-state index in [-0.39, 0.29) is 36.1 Å². The first-order chi connectivity index (χ1) is 10.7. The third-order valence-electron chi connectivity index (χ3n) is 4.09. The molecule has 0 aromatic heterocycles. The average molecular weight is 326 g/mol. The van der Waals surface area contributed by atoms with Crippen molar-refractivity contribution in [1.82, 2.24) is 15.1 Å². The number of amides is 3. The van der Waals surface area contributed by atoms with Crippen molar-refractivity contribution in [3.05, 3.63) is 0 Å². The van der Waals surface area contributed by atoms with Gasteiger partial charge in [-0.1, -0.05) is 27.7 Å². The second kappa shape index (κ2) is 8.86. The average Bonchev–Trinajstić information content (AvgIpc) is 2.76. The Morgan fingerprint density at radius 1 is 1.00 bits per heavy atom. The van der Waals surface area contributed by atoms with Crippen LogP contribution in [0.2, 0.25) is 0 Å². The van der Waals surface area contributed by atoms with Crippen LogP contribution in [0.15, 0.2) is 0 Å². The Bertz CT molecular complexity index is 437. The molecule has 3 N–H and O–H groups in total. The van der Waals surface area contributed by atoms with Crippen molar-refractivity contribution in [2.24, 2.45) is 17.6 Å². The van der Waals surface area contributed by atoms with Gasteiger partial charge in [-0.25, -0.2) is 0 Å². The summed E-state index contributed by atoms with van der Waals surface area (Å²) in [6, 6.07) is -0.605. The lowest BCUT2D eigenvalue weighted by Gasteiger charge is -2.24. The Morgan fingerprint density at radius 2 is 1.57 bits per heavy atom. The van der Waals surface area contributed by atoms with Crippen molar-refractivity contribution in [3.8, 4) is 0 Å². The molecule has 0 spiro atoms. The first kappa shape index (κ1) is 19.4. The lowest BCUT2D eigenvalue weighted by atomic mass is 10.1. The van der Waals surface area contributed by atoms with Crippen LogP contribution in [-0.4, -0.2) is 66.3 Å². The molecule has 1 aliphatic rings. The van der Waals surface area contributed by atoms with Crippen LogP contribution in [0.5, 0.6) is 0 Å². The zero-order valence-corrected chi connectivity index (χ0v) is 14.7. The van der Waals surface area contributed by atoms with Crippen molar-refractivity contribution >= 4 is 17.7 Å². The van der Waals surface area contributed by atoms with Crippen LogP contribution in [0.25, 0.3) is 0 Å². The summed E-state index contributed by atoms with van der Waals surface area (Å²) in [5.41, 5.74) is 5.75. The third kappa shape index (κ3) is 5.82. The van der Waals surface area contributed by atoms with Gasteiger partial charge in [0.15, 0.2) is 0 Å². The number of nitrogens with zero attached hydrogens (tertiary/aromatic N) is 2. The maximum absolute atomic E-state index is 12.2. The largest absolute Gasteiger partial charge is 0.346 e. The van der Waals surface area contributed by atoms with E-state index < -0.39 is 6.04 Å². The van der Waals surface area contributed by atoms with Gasteiger partial charge in [0.05, 0.1) is 12.6 Å². The number of carbonyl (C=O) groups excluding carboxylic acids is 3. The highest BCUT2D eigenvalue weighted by Gasteiger charge is 2.24. The first-order valence-electron chi connectivity index (χ1n) is 8.34. The van der Waals surface area contributed by atoms with Crippen LogP contribution in [-0.2, 0) is 14.4 Å². The summed E-state index contributed by atoms with van der Waals surface area (Å²) >= 11 is 0. The number of nitrogens with two attached hydrogens (primary N) is 1. The summed E-state index contributed by atoms with van der Waals surface area (Å²) in [4.78, 5) is 39.6. The molecule has 7 heteroatoms. The van der Waals surface area contributed by atoms with Crippen LogP contribution >= 0.6 is 0 Å².